The first-order valence-corrected chi connectivity index (χ1v) is 4.04. The number of halogens is 2. The second kappa shape index (κ2) is 8.33. The minimum absolute atomic E-state index is 0. The molecular weight excluding hydrogens is 564 g/mol. The van der Waals surface area contributed by atoms with Crippen molar-refractivity contribution in [2.45, 2.75) is 13.3 Å². The first-order valence-electron chi connectivity index (χ1n) is 4.04. The molecule has 0 N–H and O–H groups in total. The van der Waals surface area contributed by atoms with E-state index in [1.807, 2.05) is 0 Å². The predicted molar refractivity (Wildman–Crippen MR) is 48.9 cm³/mol. The van der Waals surface area contributed by atoms with Crippen LogP contribution in [-0.2, 0) is 32.3 Å². The van der Waals surface area contributed by atoms with Crippen molar-refractivity contribution in [2.75, 3.05) is 0 Å². The molecule has 0 saturated carbocycles. The van der Waals surface area contributed by atoms with Gasteiger partial charge in [-0.1, -0.05) is 13.0 Å². The van der Waals surface area contributed by atoms with Crippen LogP contribution in [-0.4, -0.2) is 0 Å². The van der Waals surface area contributed by atoms with Crippen LogP contribution in [0.1, 0.15) is 12.5 Å². The van der Waals surface area contributed by atoms with Gasteiger partial charge in [0.15, 0.2) is 0 Å². The molecule has 0 nitrogen and oxygen atoms in total. The number of benzene rings is 1. The van der Waals surface area contributed by atoms with E-state index in [-0.39, 0.29) is 73.8 Å². The van der Waals surface area contributed by atoms with Gasteiger partial charge in [-0.05, 0) is 6.42 Å². The molecule has 76 valence electrons. The van der Waals surface area contributed by atoms with Crippen molar-refractivity contribution < 1.29 is 73.8 Å². The summed E-state index contributed by atoms with van der Waals surface area (Å²) >= 11 is 0. The molecule has 0 aliphatic carbocycles. The summed E-state index contributed by atoms with van der Waals surface area (Å²) in [5, 5.41) is 2.73. The zero-order valence-corrected chi connectivity index (χ0v) is 15.8. The van der Waals surface area contributed by atoms with E-state index < -0.39 is 0 Å². The number of rotatable bonds is 1. The second-order valence-electron chi connectivity index (χ2n) is 2.85. The van der Waals surface area contributed by atoms with Crippen LogP contribution in [0.2, 0.25) is 0 Å². The molecule has 2 aromatic carbocycles. The topological polar surface area (TPSA) is 0 Å². The van der Waals surface area contributed by atoms with Gasteiger partial charge >= 0.3 is 0 Å². The summed E-state index contributed by atoms with van der Waals surface area (Å²) in [7, 11) is 0. The molecule has 0 aliphatic heterocycles. The number of aryl methyl sites for hydroxylation is 1. The molecule has 0 unspecified atom stereocenters. The maximum atomic E-state index is 2.26. The van der Waals surface area contributed by atoms with Crippen molar-refractivity contribution in [2.24, 2.45) is 0 Å². The van der Waals surface area contributed by atoms with Gasteiger partial charge in [-0.15, -0.1) is 40.6 Å². The summed E-state index contributed by atoms with van der Waals surface area (Å²) in [6, 6.07) is 13.0. The molecule has 2 rings (SSSR count). The van der Waals surface area contributed by atoms with Crippen LogP contribution in [0.25, 0.3) is 10.8 Å². The smallest absolute Gasteiger partial charge is 0 e. The van der Waals surface area contributed by atoms with Crippen LogP contribution in [0.15, 0.2) is 36.4 Å². The Hall–Kier alpha value is 1.16. The number of fused-ring (bicyclic) bond motifs is 1. The van der Waals surface area contributed by atoms with E-state index in [0.717, 1.165) is 6.42 Å². The minimum atomic E-state index is 0. The molecule has 0 aromatic heterocycles. The van der Waals surface area contributed by atoms with Crippen molar-refractivity contribution in [3.63, 3.8) is 0 Å². The second-order valence-corrected chi connectivity index (χ2v) is 2.85. The van der Waals surface area contributed by atoms with Gasteiger partial charge < -0.3 is 48.0 Å². The third kappa shape index (κ3) is 3.96. The van der Waals surface area contributed by atoms with Gasteiger partial charge in [0.25, 0.3) is 0 Å². The monoisotopic (exact) mass is 577 g/mol. The van der Waals surface area contributed by atoms with E-state index in [9.17, 15) is 0 Å². The van der Waals surface area contributed by atoms with Crippen molar-refractivity contribution in [3.05, 3.63) is 42.0 Å². The van der Waals surface area contributed by atoms with Gasteiger partial charge in [0.2, 0.25) is 0 Å². The zero-order valence-electron chi connectivity index (χ0n) is 7.93. The van der Waals surface area contributed by atoms with Gasteiger partial charge in [0, 0.05) is 25.8 Å². The van der Waals surface area contributed by atoms with E-state index in [4.69, 9.17) is 0 Å². The summed E-state index contributed by atoms with van der Waals surface area (Å²) in [5.41, 5.74) is 1.44. The van der Waals surface area contributed by atoms with Crippen LogP contribution in [0.5, 0.6) is 0 Å². The van der Waals surface area contributed by atoms with Gasteiger partial charge in [-0.2, -0.15) is 6.07 Å². The largest absolute Gasteiger partial charge is 1.00 e. The van der Waals surface area contributed by atoms with Crippen LogP contribution in [0, 0.1) is 0 Å². The quantitative estimate of drug-likeness (QED) is 0.195. The first-order chi connectivity index (χ1) is 5.40. The van der Waals surface area contributed by atoms with E-state index in [1.165, 1.54) is 16.3 Å². The molecule has 0 aliphatic rings. The molecule has 0 heterocycles. The van der Waals surface area contributed by atoms with E-state index in [2.05, 4.69) is 43.3 Å². The Bertz CT molecular complexity index is 335. The Morgan fingerprint density at radius 1 is 1.14 bits per heavy atom. The van der Waals surface area contributed by atoms with Gasteiger partial charge in [0.05, 0.1) is 0 Å². The van der Waals surface area contributed by atoms with Gasteiger partial charge in [-0.25, -0.2) is 0 Å². The first kappa shape index (κ1) is 17.6. The summed E-state index contributed by atoms with van der Waals surface area (Å²) in [6.07, 6.45) is 1.13. The standard InChI is InChI=1S/C11H11.Hf.2HI/c1-2-9-7-10-5-3-4-6-11(10)8-9;;;/h3-8H,2H2,1H3;;2*1H/q-1;;;/p-2. The van der Waals surface area contributed by atoms with Crippen molar-refractivity contribution in [1.82, 2.24) is 0 Å². The molecule has 0 bridgehead atoms. The van der Waals surface area contributed by atoms with Crippen molar-refractivity contribution in [1.29, 1.82) is 0 Å². The van der Waals surface area contributed by atoms with E-state index >= 15 is 0 Å². The van der Waals surface area contributed by atoms with Crippen LogP contribution in [0.3, 0.4) is 0 Å². The molecule has 3 heteroatoms. The molecule has 0 fully saturated rings. The molecule has 0 amide bonds. The Balaban J connectivity index is 0. The fourth-order valence-corrected chi connectivity index (χ4v) is 1.42. The maximum absolute atomic E-state index is 2.26. The summed E-state index contributed by atoms with van der Waals surface area (Å²) in [5.74, 6) is 0. The van der Waals surface area contributed by atoms with Gasteiger partial charge in [-0.3, -0.25) is 0 Å². The summed E-state index contributed by atoms with van der Waals surface area (Å²) < 4.78 is 0. The van der Waals surface area contributed by atoms with Crippen molar-refractivity contribution >= 4 is 10.8 Å². The molecular formula is C11H11HfI2-3. The summed E-state index contributed by atoms with van der Waals surface area (Å²) in [6.45, 7) is 2.19. The van der Waals surface area contributed by atoms with Crippen LogP contribution >= 0.6 is 0 Å². The maximum Gasteiger partial charge on any atom is 0 e. The molecule has 14 heavy (non-hydrogen) atoms. The Morgan fingerprint density at radius 3 is 2.36 bits per heavy atom. The molecule has 0 atom stereocenters. The third-order valence-electron chi connectivity index (χ3n) is 2.09. The number of hydrogen-bond donors (Lipinski definition) is 0. The Morgan fingerprint density at radius 2 is 1.79 bits per heavy atom. The Labute approximate surface area is 138 Å². The van der Waals surface area contributed by atoms with Crippen LogP contribution in [0.4, 0.5) is 0 Å². The normalized spacial score (nSPS) is 8.36. The zero-order chi connectivity index (χ0) is 7.68. The van der Waals surface area contributed by atoms with E-state index in [1.54, 1.807) is 0 Å². The fraction of sp³-hybridized carbons (Fsp3) is 0.182. The minimum Gasteiger partial charge on any atom is -1.00 e. The number of hydrogen-bond acceptors (Lipinski definition) is 0. The average molecular weight is 576 g/mol. The van der Waals surface area contributed by atoms with Crippen molar-refractivity contribution in [3.8, 4) is 0 Å². The Kier molecular flexibility index (Phi) is 10.4. The molecule has 0 spiro atoms. The van der Waals surface area contributed by atoms with Gasteiger partial charge in [0.1, 0.15) is 0 Å². The SMILES string of the molecule is CCc1cc2ccccc2[cH-]1.[Hf].[I-].[I-]. The molecule has 2 aromatic rings. The van der Waals surface area contributed by atoms with Crippen LogP contribution < -0.4 is 48.0 Å². The summed E-state index contributed by atoms with van der Waals surface area (Å²) in [4.78, 5) is 0. The average Bonchev–Trinajstić information content (AvgIpc) is 2.46. The fourth-order valence-electron chi connectivity index (χ4n) is 1.42. The third-order valence-corrected chi connectivity index (χ3v) is 2.09. The van der Waals surface area contributed by atoms with E-state index in [0.29, 0.717) is 0 Å². The molecule has 0 saturated heterocycles. The predicted octanol–water partition coefficient (Wildman–Crippen LogP) is -2.87. The molecule has 0 radical (unpaired) electrons.